The number of halogens is 1. The number of hydrazone groups is 1. The van der Waals surface area contributed by atoms with Crippen LogP contribution in [0.15, 0.2) is 41.6 Å². The van der Waals surface area contributed by atoms with Crippen LogP contribution in [0.25, 0.3) is 0 Å². The summed E-state index contributed by atoms with van der Waals surface area (Å²) in [4.78, 5) is 18.5. The van der Waals surface area contributed by atoms with Gasteiger partial charge in [0.05, 0.1) is 11.2 Å². The van der Waals surface area contributed by atoms with E-state index in [9.17, 15) is 4.79 Å². The van der Waals surface area contributed by atoms with E-state index in [4.69, 9.17) is 11.6 Å². The molecule has 1 aromatic carbocycles. The summed E-state index contributed by atoms with van der Waals surface area (Å²) in [6.07, 6.45) is 5.33. The monoisotopic (exact) mass is 398 g/mol. The molecule has 1 aliphatic rings. The number of carbonyl (C=O) groups is 1. The third-order valence-corrected chi connectivity index (χ3v) is 5.55. The van der Waals surface area contributed by atoms with Gasteiger partial charge in [0.15, 0.2) is 0 Å². The largest absolute Gasteiger partial charge is 0.366 e. The highest BCUT2D eigenvalue weighted by Gasteiger charge is 2.36. The van der Waals surface area contributed by atoms with Crippen LogP contribution in [0, 0.1) is 0 Å². The summed E-state index contributed by atoms with van der Waals surface area (Å²) in [5.74, 6) is 0.0702. The van der Waals surface area contributed by atoms with Gasteiger partial charge in [-0.3, -0.25) is 9.78 Å². The van der Waals surface area contributed by atoms with Crippen LogP contribution >= 0.6 is 11.6 Å². The van der Waals surface area contributed by atoms with E-state index in [1.165, 1.54) is 11.3 Å². The van der Waals surface area contributed by atoms with Crippen LogP contribution in [0.3, 0.4) is 0 Å². The molecule has 2 aromatic rings. The average molecular weight is 399 g/mol. The first kappa shape index (κ1) is 20.3. The van der Waals surface area contributed by atoms with Gasteiger partial charge in [-0.05, 0) is 62.4 Å². The number of amides is 1. The highest BCUT2D eigenvalue weighted by molar-refractivity contribution is 6.33. The number of carbonyl (C=O) groups excluding carboxylic acids is 1. The number of rotatable bonds is 5. The van der Waals surface area contributed by atoms with Crippen LogP contribution in [-0.4, -0.2) is 29.2 Å². The molecule has 1 unspecified atom stereocenters. The van der Waals surface area contributed by atoms with E-state index in [0.717, 1.165) is 24.9 Å². The van der Waals surface area contributed by atoms with E-state index < -0.39 is 0 Å². The first-order valence-corrected chi connectivity index (χ1v) is 10.1. The number of anilines is 1. The minimum atomic E-state index is -0.352. The lowest BCUT2D eigenvalue weighted by atomic mass is 9.79. The van der Waals surface area contributed by atoms with Crippen LogP contribution in [0.2, 0.25) is 5.02 Å². The first-order chi connectivity index (χ1) is 13.3. The average Bonchev–Trinajstić information content (AvgIpc) is 2.66. The van der Waals surface area contributed by atoms with Crippen LogP contribution in [-0.2, 0) is 0 Å². The van der Waals surface area contributed by atoms with Crippen molar-refractivity contribution in [3.05, 3.63) is 58.4 Å². The molecule has 0 bridgehead atoms. The van der Waals surface area contributed by atoms with Gasteiger partial charge in [0.1, 0.15) is 5.69 Å². The lowest BCUT2D eigenvalue weighted by Gasteiger charge is -2.47. The molecule has 0 saturated carbocycles. The maximum Gasteiger partial charge on any atom is 0.289 e. The van der Waals surface area contributed by atoms with Crippen molar-refractivity contribution in [2.45, 2.75) is 52.0 Å². The van der Waals surface area contributed by atoms with Gasteiger partial charge in [-0.25, -0.2) is 5.43 Å². The molecule has 1 atom stereocenters. The number of nitrogens with zero attached hydrogens (tertiary/aromatic N) is 3. The molecule has 1 aromatic heterocycles. The van der Waals surface area contributed by atoms with Crippen LogP contribution < -0.4 is 10.3 Å². The van der Waals surface area contributed by atoms with E-state index >= 15 is 0 Å². The van der Waals surface area contributed by atoms with E-state index in [-0.39, 0.29) is 11.4 Å². The van der Waals surface area contributed by atoms with E-state index in [1.807, 2.05) is 6.07 Å². The van der Waals surface area contributed by atoms with Crippen LogP contribution in [0.5, 0.6) is 0 Å². The summed E-state index contributed by atoms with van der Waals surface area (Å²) in [5, 5.41) is 4.70. The first-order valence-electron chi connectivity index (χ1n) is 9.69. The van der Waals surface area contributed by atoms with Crippen molar-refractivity contribution in [2.75, 3.05) is 11.4 Å². The summed E-state index contributed by atoms with van der Waals surface area (Å²) in [5.41, 5.74) is 6.19. The van der Waals surface area contributed by atoms with Gasteiger partial charge in [-0.15, -0.1) is 0 Å². The fourth-order valence-electron chi connectivity index (χ4n) is 3.98. The molecule has 0 radical (unpaired) electrons. The number of pyridine rings is 1. The van der Waals surface area contributed by atoms with Crippen molar-refractivity contribution in [1.29, 1.82) is 0 Å². The Hall–Kier alpha value is -2.40. The summed E-state index contributed by atoms with van der Waals surface area (Å²) in [7, 11) is 0. The van der Waals surface area contributed by atoms with Gasteiger partial charge < -0.3 is 4.90 Å². The Bertz CT molecular complexity index is 880. The molecule has 6 heteroatoms. The highest BCUT2D eigenvalue weighted by atomic mass is 35.5. The Labute approximate surface area is 171 Å². The number of benzene rings is 1. The van der Waals surface area contributed by atoms with Crippen LogP contribution in [0.4, 0.5) is 5.69 Å². The molecule has 0 saturated heterocycles. The minimum Gasteiger partial charge on any atom is -0.366 e. The second kappa shape index (κ2) is 8.31. The number of hydrogen-bond donors (Lipinski definition) is 1. The van der Waals surface area contributed by atoms with Crippen LogP contribution in [0.1, 0.15) is 68.1 Å². The van der Waals surface area contributed by atoms with Gasteiger partial charge in [0.25, 0.3) is 5.91 Å². The van der Waals surface area contributed by atoms with Crippen molar-refractivity contribution in [1.82, 2.24) is 10.4 Å². The van der Waals surface area contributed by atoms with Crippen molar-refractivity contribution in [3.63, 3.8) is 0 Å². The molecule has 0 aliphatic carbocycles. The fourth-order valence-corrected chi connectivity index (χ4v) is 4.19. The lowest BCUT2D eigenvalue weighted by molar-refractivity contribution is 0.0950. The highest BCUT2D eigenvalue weighted by Crippen LogP contribution is 2.45. The molecule has 0 spiro atoms. The van der Waals surface area contributed by atoms with Gasteiger partial charge in [0, 0.05) is 29.5 Å². The Kier molecular flexibility index (Phi) is 6.04. The number of hydrogen-bond acceptors (Lipinski definition) is 4. The Morgan fingerprint density at radius 1 is 1.43 bits per heavy atom. The number of nitrogens with one attached hydrogen (secondary N) is 1. The number of aromatic nitrogens is 1. The summed E-state index contributed by atoms with van der Waals surface area (Å²) >= 11 is 6.56. The summed E-state index contributed by atoms with van der Waals surface area (Å²) in [6, 6.07) is 9.29. The van der Waals surface area contributed by atoms with Gasteiger partial charge in [0.2, 0.25) is 0 Å². The minimum absolute atomic E-state index is 0.0953. The number of fused-ring (bicyclic) bond motifs is 1. The van der Waals surface area contributed by atoms with Crippen molar-refractivity contribution >= 4 is 29.4 Å². The Balaban J connectivity index is 1.84. The lowest BCUT2D eigenvalue weighted by Crippen LogP contribution is -2.48. The van der Waals surface area contributed by atoms with Crippen molar-refractivity contribution in [3.8, 4) is 0 Å². The second-order valence-electron chi connectivity index (χ2n) is 7.92. The molecule has 5 nitrogen and oxygen atoms in total. The molecule has 28 heavy (non-hydrogen) atoms. The Morgan fingerprint density at radius 2 is 2.21 bits per heavy atom. The van der Waals surface area contributed by atoms with Gasteiger partial charge >= 0.3 is 0 Å². The molecule has 0 fully saturated rings. The third kappa shape index (κ3) is 4.20. The summed E-state index contributed by atoms with van der Waals surface area (Å²) < 4.78 is 0. The Morgan fingerprint density at radius 3 is 2.89 bits per heavy atom. The van der Waals surface area contributed by atoms with Crippen molar-refractivity contribution in [2.24, 2.45) is 5.10 Å². The molecule has 1 aliphatic heterocycles. The maximum absolute atomic E-state index is 12.1. The van der Waals surface area contributed by atoms with E-state index in [0.29, 0.717) is 16.6 Å². The van der Waals surface area contributed by atoms with Gasteiger partial charge in [-0.2, -0.15) is 5.10 Å². The summed E-state index contributed by atoms with van der Waals surface area (Å²) in [6.45, 7) is 10.0. The quantitative estimate of drug-likeness (QED) is 0.569. The zero-order valence-electron chi connectivity index (χ0n) is 16.9. The molecule has 2 heterocycles. The molecule has 1 N–H and O–H groups in total. The maximum atomic E-state index is 12.1. The van der Waals surface area contributed by atoms with E-state index in [1.54, 1.807) is 30.6 Å². The topological polar surface area (TPSA) is 57.6 Å². The van der Waals surface area contributed by atoms with E-state index in [2.05, 4.69) is 54.2 Å². The standard InChI is InChI=1S/C22H27ClN4O/c1-5-10-27-20-12-18(23)16(11-17(20)15(2)13-22(27,3)4)14-25-26-21(28)19-8-6-7-9-24-19/h6-9,11-12,14-15H,5,10,13H2,1-4H3,(H,26,28)/b25-14-. The second-order valence-corrected chi connectivity index (χ2v) is 8.32. The fraction of sp³-hybridized carbons (Fsp3) is 0.409. The van der Waals surface area contributed by atoms with Gasteiger partial charge in [-0.1, -0.05) is 31.5 Å². The molecular weight excluding hydrogens is 372 g/mol. The molecule has 3 rings (SSSR count). The predicted molar refractivity (Wildman–Crippen MR) is 115 cm³/mol. The molecular formula is C22H27ClN4O. The normalized spacial score (nSPS) is 18.2. The zero-order chi connectivity index (χ0) is 20.3. The molecule has 148 valence electrons. The van der Waals surface area contributed by atoms with Crippen molar-refractivity contribution < 1.29 is 4.79 Å². The SMILES string of the molecule is CCCN1c2cc(Cl)c(/C=N\NC(=O)c3ccccn3)cc2C(C)CC1(C)C. The third-order valence-electron chi connectivity index (χ3n) is 5.22. The smallest absolute Gasteiger partial charge is 0.289 e. The molecule has 1 amide bonds. The predicted octanol–water partition coefficient (Wildman–Crippen LogP) is 5.00. The zero-order valence-corrected chi connectivity index (χ0v) is 17.6.